The number of rotatable bonds is 8. The lowest BCUT2D eigenvalue weighted by atomic mass is 10.1. The number of hydrogen-bond donors (Lipinski definition) is 1. The molecule has 1 N–H and O–H groups in total. The molecule has 1 amide bonds. The van der Waals surface area contributed by atoms with Crippen molar-refractivity contribution in [3.8, 4) is 0 Å². The van der Waals surface area contributed by atoms with Crippen LogP contribution in [0.2, 0.25) is 0 Å². The van der Waals surface area contributed by atoms with Crippen molar-refractivity contribution in [2.45, 2.75) is 18.4 Å². The maximum Gasteiger partial charge on any atom is 0.254 e. The first-order valence-electron chi connectivity index (χ1n) is 11.3. The van der Waals surface area contributed by atoms with E-state index in [-0.39, 0.29) is 24.0 Å². The van der Waals surface area contributed by atoms with Gasteiger partial charge >= 0.3 is 0 Å². The summed E-state index contributed by atoms with van der Waals surface area (Å²) in [5.41, 5.74) is 3.36. The fraction of sp³-hybridized carbons (Fsp3) is 0.360. The number of fused-ring (bicyclic) bond motifs is 1. The number of nitrogens with one attached hydrogen (secondary N) is 1. The van der Waals surface area contributed by atoms with Gasteiger partial charge in [0.15, 0.2) is 0 Å². The second-order valence-electron chi connectivity index (χ2n) is 8.43. The van der Waals surface area contributed by atoms with Crippen LogP contribution in [0.1, 0.15) is 21.5 Å². The minimum atomic E-state index is -3.71. The van der Waals surface area contributed by atoms with Gasteiger partial charge in [0.1, 0.15) is 0 Å². The fourth-order valence-corrected chi connectivity index (χ4v) is 5.21. The van der Waals surface area contributed by atoms with Gasteiger partial charge < -0.3 is 9.64 Å². The van der Waals surface area contributed by atoms with Crippen LogP contribution in [0.5, 0.6) is 0 Å². The van der Waals surface area contributed by atoms with Crippen molar-refractivity contribution >= 4 is 26.8 Å². The molecule has 0 radical (unpaired) electrons. The highest BCUT2D eigenvalue weighted by atomic mass is 32.2. The van der Waals surface area contributed by atoms with Crippen molar-refractivity contribution in [3.05, 3.63) is 71.4 Å². The molecule has 3 aromatic rings. The minimum Gasteiger partial charge on any atom is -0.383 e. The number of amides is 1. The summed E-state index contributed by atoms with van der Waals surface area (Å²) in [4.78, 5) is 22.0. The zero-order valence-corrected chi connectivity index (χ0v) is 20.3. The van der Waals surface area contributed by atoms with Gasteiger partial charge in [-0.2, -0.15) is 0 Å². The lowest BCUT2D eigenvalue weighted by molar-refractivity contribution is 0.0628. The fourth-order valence-electron chi connectivity index (χ4n) is 4.18. The van der Waals surface area contributed by atoms with E-state index in [0.29, 0.717) is 18.7 Å². The van der Waals surface area contributed by atoms with Crippen LogP contribution < -0.4 is 4.72 Å². The summed E-state index contributed by atoms with van der Waals surface area (Å²) in [7, 11) is -2.20. The summed E-state index contributed by atoms with van der Waals surface area (Å²) in [5, 5.41) is 1.12. The summed E-state index contributed by atoms with van der Waals surface area (Å²) in [6.45, 7) is 5.69. The summed E-state index contributed by atoms with van der Waals surface area (Å²) in [5.74, 6) is -0.141. The minimum absolute atomic E-state index is 0.0830. The molecule has 0 bridgehead atoms. The van der Waals surface area contributed by atoms with E-state index in [1.165, 1.54) is 24.8 Å². The van der Waals surface area contributed by atoms with E-state index in [9.17, 15) is 13.2 Å². The van der Waals surface area contributed by atoms with E-state index in [2.05, 4.69) is 32.8 Å². The van der Waals surface area contributed by atoms with Gasteiger partial charge in [0.2, 0.25) is 10.0 Å². The maximum atomic E-state index is 13.3. The first-order chi connectivity index (χ1) is 16.4. The van der Waals surface area contributed by atoms with Crippen molar-refractivity contribution in [3.63, 3.8) is 0 Å². The number of methoxy groups -OCH3 is 1. The highest BCUT2D eigenvalue weighted by Gasteiger charge is 2.25. The molecule has 1 saturated heterocycles. The van der Waals surface area contributed by atoms with E-state index < -0.39 is 10.0 Å². The number of carbonyl (C=O) groups excluding carboxylic acids is 1. The van der Waals surface area contributed by atoms with Crippen LogP contribution in [-0.2, 0) is 21.3 Å². The molecule has 34 heavy (non-hydrogen) atoms. The number of para-hydroxylation sites is 1. The number of piperazine rings is 1. The van der Waals surface area contributed by atoms with Crippen LogP contribution in [0.25, 0.3) is 10.9 Å². The summed E-state index contributed by atoms with van der Waals surface area (Å²) >= 11 is 0. The molecule has 0 atom stereocenters. The molecular formula is C25H30N4O4S. The number of ether oxygens (including phenoxy) is 1. The van der Waals surface area contributed by atoms with Crippen molar-refractivity contribution in [1.82, 2.24) is 19.5 Å². The van der Waals surface area contributed by atoms with Crippen molar-refractivity contribution < 1.29 is 17.9 Å². The topological polar surface area (TPSA) is 91.8 Å². The van der Waals surface area contributed by atoms with Gasteiger partial charge in [0, 0.05) is 63.5 Å². The first-order valence-corrected chi connectivity index (χ1v) is 12.8. The number of nitrogens with zero attached hydrogens (tertiary/aromatic N) is 3. The van der Waals surface area contributed by atoms with E-state index >= 15 is 0 Å². The second kappa shape index (κ2) is 10.6. The smallest absolute Gasteiger partial charge is 0.254 e. The largest absolute Gasteiger partial charge is 0.383 e. The predicted octanol–water partition coefficient (Wildman–Crippen LogP) is 2.43. The van der Waals surface area contributed by atoms with E-state index in [0.717, 1.165) is 36.1 Å². The van der Waals surface area contributed by atoms with E-state index in [1.54, 1.807) is 11.0 Å². The molecule has 4 rings (SSSR count). The lowest BCUT2D eigenvalue weighted by Crippen LogP contribution is -2.48. The summed E-state index contributed by atoms with van der Waals surface area (Å²) in [6, 6.07) is 14.9. The third-order valence-electron chi connectivity index (χ3n) is 6.12. The third-order valence-corrected chi connectivity index (χ3v) is 7.58. The molecule has 2 heterocycles. The number of aromatic nitrogens is 1. The van der Waals surface area contributed by atoms with Gasteiger partial charge in [0.25, 0.3) is 5.91 Å². The number of hydrogen-bond acceptors (Lipinski definition) is 6. The Morgan fingerprint density at radius 3 is 2.62 bits per heavy atom. The number of sulfonamides is 1. The molecule has 1 aliphatic rings. The quantitative estimate of drug-likeness (QED) is 0.496. The van der Waals surface area contributed by atoms with Gasteiger partial charge in [-0.05, 0) is 36.2 Å². The Bertz CT molecular complexity index is 1270. The zero-order chi connectivity index (χ0) is 24.1. The van der Waals surface area contributed by atoms with Crippen molar-refractivity contribution in [1.29, 1.82) is 0 Å². The summed E-state index contributed by atoms with van der Waals surface area (Å²) in [6.07, 6.45) is 1.81. The average Bonchev–Trinajstić information content (AvgIpc) is 2.84. The van der Waals surface area contributed by atoms with Gasteiger partial charge in [-0.1, -0.05) is 30.3 Å². The van der Waals surface area contributed by atoms with Crippen LogP contribution in [0.3, 0.4) is 0 Å². The molecule has 0 unspecified atom stereocenters. The van der Waals surface area contributed by atoms with Gasteiger partial charge in [-0.15, -0.1) is 0 Å². The number of carbonyl (C=O) groups is 1. The Balaban J connectivity index is 1.42. The van der Waals surface area contributed by atoms with Gasteiger partial charge in [0.05, 0.1) is 17.0 Å². The molecule has 2 aromatic carbocycles. The van der Waals surface area contributed by atoms with Crippen LogP contribution >= 0.6 is 0 Å². The Morgan fingerprint density at radius 2 is 1.85 bits per heavy atom. The highest BCUT2D eigenvalue weighted by Crippen LogP contribution is 2.21. The monoisotopic (exact) mass is 482 g/mol. The Hall–Kier alpha value is -2.85. The zero-order valence-electron chi connectivity index (χ0n) is 19.5. The van der Waals surface area contributed by atoms with Crippen LogP contribution in [-0.4, -0.2) is 75.5 Å². The number of benzene rings is 2. The third kappa shape index (κ3) is 5.44. The number of pyridine rings is 1. The van der Waals surface area contributed by atoms with Crippen LogP contribution in [0.4, 0.5) is 0 Å². The predicted molar refractivity (Wildman–Crippen MR) is 131 cm³/mol. The van der Waals surface area contributed by atoms with Crippen LogP contribution in [0.15, 0.2) is 59.6 Å². The van der Waals surface area contributed by atoms with Crippen LogP contribution in [0, 0.1) is 6.92 Å². The lowest BCUT2D eigenvalue weighted by Gasteiger charge is -2.35. The number of aryl methyl sites for hydroxylation is 1. The average molecular weight is 483 g/mol. The van der Waals surface area contributed by atoms with E-state index in [4.69, 9.17) is 4.74 Å². The van der Waals surface area contributed by atoms with Gasteiger partial charge in [-0.25, -0.2) is 13.1 Å². The molecule has 1 aromatic heterocycles. The normalized spacial score (nSPS) is 15.1. The van der Waals surface area contributed by atoms with E-state index in [1.807, 2.05) is 25.3 Å². The first kappa shape index (κ1) is 24.3. The molecule has 0 aliphatic carbocycles. The molecule has 180 valence electrons. The molecular weight excluding hydrogens is 452 g/mol. The highest BCUT2D eigenvalue weighted by molar-refractivity contribution is 7.89. The standard InChI is InChI=1S/C25H30N4O4S/c1-19-8-9-22(34(31,32)27-11-16-33-2)17-23(19)25(30)29-14-12-28(13-15-29)18-21-6-3-5-20-7-4-10-26-24(20)21/h3-10,17,27H,11-16,18H2,1-2H3. The summed E-state index contributed by atoms with van der Waals surface area (Å²) < 4.78 is 32.6. The molecule has 0 spiro atoms. The second-order valence-corrected chi connectivity index (χ2v) is 10.2. The van der Waals surface area contributed by atoms with Crippen molar-refractivity contribution in [2.24, 2.45) is 0 Å². The maximum absolute atomic E-state index is 13.3. The molecule has 1 aliphatic heterocycles. The Labute approximate surface area is 200 Å². The SMILES string of the molecule is COCCNS(=O)(=O)c1ccc(C)c(C(=O)N2CCN(Cc3cccc4cccnc34)CC2)c1. The molecule has 0 saturated carbocycles. The van der Waals surface area contributed by atoms with Crippen molar-refractivity contribution in [2.75, 3.05) is 46.4 Å². The Kier molecular flexibility index (Phi) is 7.57. The Morgan fingerprint density at radius 1 is 1.09 bits per heavy atom. The molecule has 8 nitrogen and oxygen atoms in total. The van der Waals surface area contributed by atoms with Gasteiger partial charge in [-0.3, -0.25) is 14.7 Å². The molecule has 9 heteroatoms. The molecule has 1 fully saturated rings.